The van der Waals surface area contributed by atoms with E-state index in [1.165, 1.54) is 18.0 Å². The third-order valence-corrected chi connectivity index (χ3v) is 4.63. The first-order valence-electron chi connectivity index (χ1n) is 5.47. The number of nitrogens with two attached hydrogens (primary N) is 1. The smallest absolute Gasteiger partial charge is 0.268 e. The van der Waals surface area contributed by atoms with Gasteiger partial charge in [-0.05, 0) is 6.07 Å². The zero-order valence-corrected chi connectivity index (χ0v) is 11.5. The van der Waals surface area contributed by atoms with Gasteiger partial charge in [-0.15, -0.1) is 0 Å². The molecule has 1 amide bonds. The number of pyridine rings is 1. The first kappa shape index (κ1) is 12.3. The van der Waals surface area contributed by atoms with E-state index in [0.29, 0.717) is 4.90 Å². The molecule has 0 radical (unpaired) electrons. The van der Waals surface area contributed by atoms with Crippen LogP contribution in [0.1, 0.15) is 21.4 Å². The summed E-state index contributed by atoms with van der Waals surface area (Å²) in [6.07, 6.45) is 5.16. The topological polar surface area (TPSA) is 77.0 Å². The quantitative estimate of drug-likeness (QED) is 0.853. The third-order valence-electron chi connectivity index (χ3n) is 2.79. The average Bonchev–Trinajstić information content (AvgIpc) is 2.93. The molecule has 1 unspecified atom stereocenters. The molecule has 2 aromatic heterocycles. The second-order valence-corrected chi connectivity index (χ2v) is 5.56. The standard InChI is InChI=1S/C11H10ClN5OS/c1-16-5-6(4-15-16)11-17(12)7-2-3-14-8(10(13)18)9(7)19-11/h2-5,11H,1H3,(H2,13,18). The summed E-state index contributed by atoms with van der Waals surface area (Å²) in [6, 6.07) is 1.76. The highest BCUT2D eigenvalue weighted by Crippen LogP contribution is 2.53. The highest BCUT2D eigenvalue weighted by Gasteiger charge is 2.34. The van der Waals surface area contributed by atoms with E-state index in [1.54, 1.807) is 21.4 Å². The predicted octanol–water partition coefficient (Wildman–Crippen LogP) is 1.68. The summed E-state index contributed by atoms with van der Waals surface area (Å²) in [6.45, 7) is 0. The molecule has 1 aliphatic rings. The summed E-state index contributed by atoms with van der Waals surface area (Å²) in [7, 11) is 1.84. The number of hydrogen-bond acceptors (Lipinski definition) is 5. The van der Waals surface area contributed by atoms with Gasteiger partial charge in [-0.1, -0.05) is 11.8 Å². The zero-order chi connectivity index (χ0) is 13.6. The Bertz CT molecular complexity index is 658. The summed E-state index contributed by atoms with van der Waals surface area (Å²) >= 11 is 7.77. The largest absolute Gasteiger partial charge is 0.364 e. The molecule has 1 aliphatic heterocycles. The van der Waals surface area contributed by atoms with Crippen molar-refractivity contribution in [1.82, 2.24) is 14.8 Å². The number of carbonyl (C=O) groups excluding carboxylic acids is 1. The minimum absolute atomic E-state index is 0.146. The molecular formula is C11H10ClN5OS. The van der Waals surface area contributed by atoms with Crippen LogP contribution in [-0.4, -0.2) is 20.7 Å². The molecule has 6 nitrogen and oxygen atoms in total. The van der Waals surface area contributed by atoms with Crippen molar-refractivity contribution < 1.29 is 4.79 Å². The van der Waals surface area contributed by atoms with Gasteiger partial charge in [0.25, 0.3) is 5.91 Å². The Hall–Kier alpha value is -1.73. The molecule has 0 aromatic carbocycles. The Morgan fingerprint density at radius 3 is 3.00 bits per heavy atom. The molecule has 98 valence electrons. The van der Waals surface area contributed by atoms with Crippen LogP contribution in [0.3, 0.4) is 0 Å². The molecule has 3 heterocycles. The Morgan fingerprint density at radius 1 is 1.58 bits per heavy atom. The summed E-state index contributed by atoms with van der Waals surface area (Å²) in [5, 5.41) is 3.98. The lowest BCUT2D eigenvalue weighted by atomic mass is 10.3. The Labute approximate surface area is 118 Å². The molecule has 8 heteroatoms. The fourth-order valence-electron chi connectivity index (χ4n) is 1.95. The summed E-state index contributed by atoms with van der Waals surface area (Å²) in [5.41, 5.74) is 7.27. The molecule has 3 rings (SSSR count). The van der Waals surface area contributed by atoms with E-state index in [0.717, 1.165) is 11.3 Å². The van der Waals surface area contributed by atoms with Gasteiger partial charge in [0.1, 0.15) is 11.1 Å². The van der Waals surface area contributed by atoms with Gasteiger partial charge in [-0.3, -0.25) is 13.9 Å². The number of aromatic nitrogens is 3. The van der Waals surface area contributed by atoms with E-state index in [9.17, 15) is 4.79 Å². The maximum Gasteiger partial charge on any atom is 0.268 e. The number of primary amides is 1. The normalized spacial score (nSPS) is 17.6. The van der Waals surface area contributed by atoms with Crippen LogP contribution in [0.25, 0.3) is 0 Å². The predicted molar refractivity (Wildman–Crippen MR) is 72.9 cm³/mol. The lowest BCUT2D eigenvalue weighted by Crippen LogP contribution is -2.14. The molecule has 0 bridgehead atoms. The SMILES string of the molecule is Cn1cc(C2Sc3c(ccnc3C(N)=O)N2Cl)cn1. The lowest BCUT2D eigenvalue weighted by Gasteiger charge is -2.16. The molecule has 0 fully saturated rings. The summed E-state index contributed by atoms with van der Waals surface area (Å²) < 4.78 is 3.28. The monoisotopic (exact) mass is 295 g/mol. The Morgan fingerprint density at radius 2 is 2.37 bits per heavy atom. The van der Waals surface area contributed by atoms with Crippen LogP contribution in [0.4, 0.5) is 5.69 Å². The first-order chi connectivity index (χ1) is 9.08. The molecular weight excluding hydrogens is 286 g/mol. The third kappa shape index (κ3) is 1.95. The number of rotatable bonds is 2. The Kier molecular flexibility index (Phi) is 2.87. The van der Waals surface area contributed by atoms with Gasteiger partial charge >= 0.3 is 0 Å². The van der Waals surface area contributed by atoms with Crippen LogP contribution in [0.15, 0.2) is 29.6 Å². The number of hydrogen-bond donors (Lipinski definition) is 1. The fraction of sp³-hybridized carbons (Fsp3) is 0.182. The summed E-state index contributed by atoms with van der Waals surface area (Å²) in [5.74, 6) is -0.554. The molecule has 0 spiro atoms. The van der Waals surface area contributed by atoms with Crippen molar-refractivity contribution in [3.63, 3.8) is 0 Å². The number of carbonyl (C=O) groups is 1. The summed E-state index contributed by atoms with van der Waals surface area (Å²) in [4.78, 5) is 16.1. The molecule has 0 saturated carbocycles. The number of thioether (sulfide) groups is 1. The van der Waals surface area contributed by atoms with Gasteiger partial charge < -0.3 is 5.73 Å². The number of halogens is 1. The van der Waals surface area contributed by atoms with Crippen LogP contribution >= 0.6 is 23.5 Å². The second-order valence-electron chi connectivity index (χ2n) is 4.10. The maximum absolute atomic E-state index is 11.4. The van der Waals surface area contributed by atoms with E-state index in [2.05, 4.69) is 10.1 Å². The average molecular weight is 296 g/mol. The van der Waals surface area contributed by atoms with E-state index < -0.39 is 5.91 Å². The van der Waals surface area contributed by atoms with Gasteiger partial charge in [0.05, 0.1) is 16.8 Å². The van der Waals surface area contributed by atoms with Gasteiger partial charge in [0.15, 0.2) is 0 Å². The van der Waals surface area contributed by atoms with Crippen molar-refractivity contribution in [2.75, 3.05) is 4.42 Å². The second kappa shape index (κ2) is 4.43. The van der Waals surface area contributed by atoms with Crippen molar-refractivity contribution in [2.24, 2.45) is 12.8 Å². The number of nitrogens with zero attached hydrogens (tertiary/aromatic N) is 4. The molecule has 0 saturated heterocycles. The van der Waals surface area contributed by atoms with Gasteiger partial charge in [0, 0.05) is 36.8 Å². The number of amides is 1. The number of anilines is 1. The Balaban J connectivity index is 2.04. The molecule has 2 aromatic rings. The van der Waals surface area contributed by atoms with Crippen LogP contribution in [0.2, 0.25) is 0 Å². The molecule has 2 N–H and O–H groups in total. The van der Waals surface area contributed by atoms with E-state index in [-0.39, 0.29) is 11.1 Å². The fourth-order valence-corrected chi connectivity index (χ4v) is 3.61. The van der Waals surface area contributed by atoms with E-state index in [1.807, 2.05) is 13.2 Å². The van der Waals surface area contributed by atoms with Crippen molar-refractivity contribution in [3.05, 3.63) is 35.9 Å². The lowest BCUT2D eigenvalue weighted by molar-refractivity contribution is 0.0992. The molecule has 19 heavy (non-hydrogen) atoms. The van der Waals surface area contributed by atoms with Crippen molar-refractivity contribution in [2.45, 2.75) is 10.3 Å². The van der Waals surface area contributed by atoms with Gasteiger partial charge in [-0.2, -0.15) is 5.10 Å². The van der Waals surface area contributed by atoms with Crippen LogP contribution in [-0.2, 0) is 7.05 Å². The van der Waals surface area contributed by atoms with Gasteiger partial charge in [-0.25, -0.2) is 4.98 Å². The highest BCUT2D eigenvalue weighted by molar-refractivity contribution is 8.00. The van der Waals surface area contributed by atoms with E-state index >= 15 is 0 Å². The first-order valence-corrected chi connectivity index (χ1v) is 6.68. The van der Waals surface area contributed by atoms with Crippen molar-refractivity contribution in [1.29, 1.82) is 0 Å². The minimum atomic E-state index is -0.554. The van der Waals surface area contributed by atoms with Crippen molar-refractivity contribution in [3.8, 4) is 0 Å². The molecule has 1 atom stereocenters. The van der Waals surface area contributed by atoms with E-state index in [4.69, 9.17) is 17.5 Å². The van der Waals surface area contributed by atoms with Crippen molar-refractivity contribution >= 4 is 35.1 Å². The van der Waals surface area contributed by atoms with Crippen LogP contribution in [0.5, 0.6) is 0 Å². The van der Waals surface area contributed by atoms with Crippen LogP contribution in [0, 0.1) is 0 Å². The number of fused-ring (bicyclic) bond motifs is 1. The number of aryl methyl sites for hydroxylation is 1. The van der Waals surface area contributed by atoms with Crippen LogP contribution < -0.4 is 10.2 Å². The maximum atomic E-state index is 11.4. The zero-order valence-electron chi connectivity index (χ0n) is 9.95. The highest BCUT2D eigenvalue weighted by atomic mass is 35.5. The van der Waals surface area contributed by atoms with Gasteiger partial charge in [0.2, 0.25) is 0 Å². The molecule has 0 aliphatic carbocycles. The minimum Gasteiger partial charge on any atom is -0.364 e.